The van der Waals surface area contributed by atoms with Gasteiger partial charge in [0, 0.05) is 70.5 Å². The Bertz CT molecular complexity index is 717. The number of benzene rings is 1. The van der Waals surface area contributed by atoms with Gasteiger partial charge in [0.25, 0.3) is 0 Å². The van der Waals surface area contributed by atoms with Crippen molar-refractivity contribution in [2.24, 2.45) is 4.99 Å². The predicted octanol–water partition coefficient (Wildman–Crippen LogP) is 1.59. The number of aliphatic imine (C=N–C) groups is 1. The van der Waals surface area contributed by atoms with Crippen LogP contribution in [0.3, 0.4) is 0 Å². The first-order valence-corrected chi connectivity index (χ1v) is 11.3. The van der Waals surface area contributed by atoms with E-state index in [0.717, 1.165) is 57.3 Å². The largest absolute Gasteiger partial charge is 0.355 e. The van der Waals surface area contributed by atoms with Crippen molar-refractivity contribution in [3.05, 3.63) is 34.9 Å². The Hall–Kier alpha value is -1.83. The van der Waals surface area contributed by atoms with Gasteiger partial charge in [0.05, 0.1) is 6.54 Å². The van der Waals surface area contributed by atoms with E-state index < -0.39 is 0 Å². The van der Waals surface area contributed by atoms with Gasteiger partial charge >= 0.3 is 0 Å². The molecule has 0 spiro atoms. The average molecular weight is 435 g/mol. The first-order valence-electron chi connectivity index (χ1n) is 10.9. The Balaban J connectivity index is 1.46. The van der Waals surface area contributed by atoms with Crippen LogP contribution in [0.5, 0.6) is 0 Å². The smallest absolute Gasteiger partial charge is 0.242 e. The molecule has 0 aromatic heterocycles. The summed E-state index contributed by atoms with van der Waals surface area (Å²) in [7, 11) is 1.79. The fraction of sp³-hybridized carbons (Fsp3) is 0.636. The summed E-state index contributed by atoms with van der Waals surface area (Å²) < 4.78 is 0. The van der Waals surface area contributed by atoms with Crippen LogP contribution < -0.4 is 5.32 Å². The molecule has 1 aromatic rings. The van der Waals surface area contributed by atoms with Crippen LogP contribution in [0.25, 0.3) is 0 Å². The minimum Gasteiger partial charge on any atom is -0.355 e. The fourth-order valence-electron chi connectivity index (χ4n) is 4.09. The highest BCUT2D eigenvalue weighted by Gasteiger charge is 2.27. The van der Waals surface area contributed by atoms with E-state index in [1.54, 1.807) is 7.05 Å². The minimum absolute atomic E-state index is 0.128. The number of carbonyl (C=O) groups is 1. The van der Waals surface area contributed by atoms with E-state index in [2.05, 4.69) is 38.9 Å². The van der Waals surface area contributed by atoms with Gasteiger partial charge in [0.2, 0.25) is 5.91 Å². The molecule has 2 aliphatic rings. The van der Waals surface area contributed by atoms with Crippen molar-refractivity contribution in [2.45, 2.75) is 26.4 Å². The number of likely N-dealkylation sites (N-methyl/N-ethyl adjacent to an activating group) is 1. The quantitative estimate of drug-likeness (QED) is 0.544. The second kappa shape index (κ2) is 11.0. The fourth-order valence-corrected chi connectivity index (χ4v) is 4.21. The Morgan fingerprint density at radius 2 is 1.83 bits per heavy atom. The average Bonchev–Trinajstić information content (AvgIpc) is 2.77. The summed E-state index contributed by atoms with van der Waals surface area (Å²) in [6, 6.07) is 8.12. The molecule has 7 nitrogen and oxygen atoms in total. The number of piperazine rings is 2. The number of carbonyl (C=O) groups excluding carboxylic acids is 1. The topological polar surface area (TPSA) is 54.4 Å². The lowest BCUT2D eigenvalue weighted by Gasteiger charge is -2.39. The van der Waals surface area contributed by atoms with Crippen molar-refractivity contribution in [3.8, 4) is 0 Å². The molecule has 8 heteroatoms. The standard InChI is InChI=1S/C22H35ClN6O/c1-4-26-9-11-27(12-10-26)18(2)15-25-22(24-3)29-14-13-28(21(30)17-29)16-19-5-7-20(23)8-6-19/h5-8,18H,4,9-17H2,1-3H3,(H,24,25). The number of hydrogen-bond donors (Lipinski definition) is 1. The van der Waals surface area contributed by atoms with Gasteiger partial charge in [-0.1, -0.05) is 30.7 Å². The lowest BCUT2D eigenvalue weighted by atomic mass is 10.2. The van der Waals surface area contributed by atoms with E-state index in [0.29, 0.717) is 30.7 Å². The second-order valence-corrected chi connectivity index (χ2v) is 8.55. The van der Waals surface area contributed by atoms with Crippen LogP contribution in [0.4, 0.5) is 0 Å². The Morgan fingerprint density at radius 3 is 2.43 bits per heavy atom. The summed E-state index contributed by atoms with van der Waals surface area (Å²) >= 11 is 5.96. The maximum atomic E-state index is 12.7. The summed E-state index contributed by atoms with van der Waals surface area (Å²) in [5.74, 6) is 0.941. The highest BCUT2D eigenvalue weighted by atomic mass is 35.5. The molecule has 1 amide bonds. The van der Waals surface area contributed by atoms with Gasteiger partial charge in [0.1, 0.15) is 0 Å². The molecule has 2 aliphatic heterocycles. The predicted molar refractivity (Wildman–Crippen MR) is 123 cm³/mol. The van der Waals surface area contributed by atoms with Gasteiger partial charge in [-0.05, 0) is 31.2 Å². The number of amides is 1. The third-order valence-corrected chi connectivity index (χ3v) is 6.40. The lowest BCUT2D eigenvalue weighted by Crippen LogP contribution is -2.57. The Kier molecular flexibility index (Phi) is 8.36. The molecule has 0 aliphatic carbocycles. The third-order valence-electron chi connectivity index (χ3n) is 6.15. The summed E-state index contributed by atoms with van der Waals surface area (Å²) in [6.07, 6.45) is 0. The molecular formula is C22H35ClN6O. The second-order valence-electron chi connectivity index (χ2n) is 8.11. The zero-order chi connectivity index (χ0) is 21.5. The molecule has 3 rings (SSSR count). The van der Waals surface area contributed by atoms with Crippen molar-refractivity contribution in [1.82, 2.24) is 24.9 Å². The first kappa shape index (κ1) is 22.8. The van der Waals surface area contributed by atoms with Crippen LogP contribution in [0.15, 0.2) is 29.3 Å². The number of hydrogen-bond acceptors (Lipinski definition) is 4. The minimum atomic E-state index is 0.128. The van der Waals surface area contributed by atoms with Crippen LogP contribution in [0, 0.1) is 0 Å². The molecule has 30 heavy (non-hydrogen) atoms. The number of nitrogens with zero attached hydrogens (tertiary/aromatic N) is 5. The number of rotatable bonds is 6. The molecule has 1 aromatic carbocycles. The van der Waals surface area contributed by atoms with Crippen LogP contribution in [-0.4, -0.2) is 103 Å². The van der Waals surface area contributed by atoms with Crippen molar-refractivity contribution in [1.29, 1.82) is 0 Å². The molecule has 2 fully saturated rings. The Morgan fingerprint density at radius 1 is 1.13 bits per heavy atom. The van der Waals surface area contributed by atoms with Gasteiger partial charge in [-0.3, -0.25) is 14.7 Å². The zero-order valence-electron chi connectivity index (χ0n) is 18.5. The number of halogens is 1. The van der Waals surface area contributed by atoms with Crippen LogP contribution in [-0.2, 0) is 11.3 Å². The van der Waals surface area contributed by atoms with Gasteiger partial charge in [-0.15, -0.1) is 0 Å². The van der Waals surface area contributed by atoms with E-state index >= 15 is 0 Å². The highest BCUT2D eigenvalue weighted by Crippen LogP contribution is 2.14. The molecule has 0 bridgehead atoms. The SMILES string of the molecule is CCN1CCN(C(C)CNC(=NC)N2CCN(Cc3ccc(Cl)cc3)C(=O)C2)CC1. The summed E-state index contributed by atoms with van der Waals surface area (Å²) in [4.78, 5) is 26.1. The maximum Gasteiger partial charge on any atom is 0.242 e. The van der Waals surface area contributed by atoms with E-state index in [9.17, 15) is 4.79 Å². The van der Waals surface area contributed by atoms with Gasteiger partial charge in [0.15, 0.2) is 5.96 Å². The van der Waals surface area contributed by atoms with Crippen LogP contribution >= 0.6 is 11.6 Å². The van der Waals surface area contributed by atoms with Gasteiger partial charge < -0.3 is 20.0 Å². The van der Waals surface area contributed by atoms with E-state index in [-0.39, 0.29) is 5.91 Å². The molecule has 2 heterocycles. The molecule has 1 N–H and O–H groups in total. The molecule has 1 unspecified atom stereocenters. The van der Waals surface area contributed by atoms with Crippen molar-refractivity contribution in [3.63, 3.8) is 0 Å². The normalized spacial score (nSPS) is 20.5. The van der Waals surface area contributed by atoms with Gasteiger partial charge in [-0.25, -0.2) is 0 Å². The Labute approximate surface area is 185 Å². The van der Waals surface area contributed by atoms with Crippen molar-refractivity contribution < 1.29 is 4.79 Å². The summed E-state index contributed by atoms with van der Waals surface area (Å²) in [5.41, 5.74) is 1.10. The van der Waals surface area contributed by atoms with Crippen molar-refractivity contribution in [2.75, 3.05) is 66.0 Å². The maximum absolute atomic E-state index is 12.7. The van der Waals surface area contributed by atoms with Crippen LogP contribution in [0.2, 0.25) is 5.02 Å². The molecule has 2 saturated heterocycles. The molecule has 0 saturated carbocycles. The first-order chi connectivity index (χ1) is 14.5. The third kappa shape index (κ3) is 6.09. The van der Waals surface area contributed by atoms with E-state index in [1.165, 1.54) is 0 Å². The van der Waals surface area contributed by atoms with E-state index in [4.69, 9.17) is 11.6 Å². The molecule has 166 valence electrons. The molecule has 1 atom stereocenters. The summed E-state index contributed by atoms with van der Waals surface area (Å²) in [5, 5.41) is 4.20. The lowest BCUT2D eigenvalue weighted by molar-refractivity contribution is -0.135. The van der Waals surface area contributed by atoms with Gasteiger partial charge in [-0.2, -0.15) is 0 Å². The van der Waals surface area contributed by atoms with Crippen molar-refractivity contribution >= 4 is 23.5 Å². The number of nitrogens with one attached hydrogen (secondary N) is 1. The summed E-state index contributed by atoms with van der Waals surface area (Å²) in [6.45, 7) is 13.4. The highest BCUT2D eigenvalue weighted by molar-refractivity contribution is 6.30. The van der Waals surface area contributed by atoms with E-state index in [1.807, 2.05) is 29.2 Å². The number of guanidine groups is 1. The molecular weight excluding hydrogens is 400 g/mol. The van der Waals surface area contributed by atoms with Crippen LogP contribution in [0.1, 0.15) is 19.4 Å². The zero-order valence-corrected chi connectivity index (χ0v) is 19.2. The molecule has 0 radical (unpaired) electrons. The monoisotopic (exact) mass is 434 g/mol.